The van der Waals surface area contributed by atoms with Crippen LogP contribution in [0, 0.1) is 6.92 Å². The van der Waals surface area contributed by atoms with Gasteiger partial charge < -0.3 is 9.47 Å². The predicted molar refractivity (Wildman–Crippen MR) is 111 cm³/mol. The van der Waals surface area contributed by atoms with Gasteiger partial charge in [-0.05, 0) is 32.4 Å². The fraction of sp³-hybridized carbons (Fsp3) is 0.421. The molecule has 0 saturated heterocycles. The van der Waals surface area contributed by atoms with Crippen LogP contribution in [0.1, 0.15) is 49.3 Å². The maximum Gasteiger partial charge on any atom is 0.339 e. The van der Waals surface area contributed by atoms with E-state index in [-0.39, 0.29) is 34.3 Å². The highest BCUT2D eigenvalue weighted by molar-refractivity contribution is 7.90. The van der Waals surface area contributed by atoms with E-state index in [2.05, 4.69) is 20.3 Å². The summed E-state index contributed by atoms with van der Waals surface area (Å²) < 4.78 is 37.6. The van der Waals surface area contributed by atoms with E-state index in [4.69, 9.17) is 9.47 Å². The Labute approximate surface area is 180 Å². The Bertz CT molecular complexity index is 1040. The van der Waals surface area contributed by atoms with Crippen molar-refractivity contribution in [1.82, 2.24) is 19.7 Å². The number of hydrogen-bond donors (Lipinski definition) is 2. The number of aromatic nitrogens is 3. The van der Waals surface area contributed by atoms with Gasteiger partial charge in [0.05, 0.1) is 18.8 Å². The van der Waals surface area contributed by atoms with Gasteiger partial charge in [-0.15, -0.1) is 0 Å². The Morgan fingerprint density at radius 3 is 2.55 bits per heavy atom. The van der Waals surface area contributed by atoms with Gasteiger partial charge in [-0.2, -0.15) is 15.0 Å². The summed E-state index contributed by atoms with van der Waals surface area (Å²) in [5.41, 5.74) is -0.177. The van der Waals surface area contributed by atoms with Crippen LogP contribution in [0.3, 0.4) is 0 Å². The van der Waals surface area contributed by atoms with Crippen molar-refractivity contribution in [3.05, 3.63) is 35.7 Å². The van der Waals surface area contributed by atoms with Gasteiger partial charge in [0.25, 0.3) is 10.0 Å². The van der Waals surface area contributed by atoms with Crippen molar-refractivity contribution in [2.24, 2.45) is 0 Å². The molecule has 1 atom stereocenters. The third kappa shape index (κ3) is 6.88. The highest BCUT2D eigenvalue weighted by Gasteiger charge is 2.26. The minimum absolute atomic E-state index is 0.0454. The van der Waals surface area contributed by atoms with Crippen molar-refractivity contribution in [3.63, 3.8) is 0 Å². The maximum absolute atomic E-state index is 12.7. The summed E-state index contributed by atoms with van der Waals surface area (Å²) in [7, 11) is -3.06. The van der Waals surface area contributed by atoms with E-state index in [9.17, 15) is 18.0 Å². The number of aryl methyl sites for hydroxylation is 1. The smallest absolute Gasteiger partial charge is 0.339 e. The van der Waals surface area contributed by atoms with E-state index < -0.39 is 22.0 Å². The number of unbranched alkanes of at least 4 members (excludes halogenated alkanes) is 1. The molecule has 0 spiro atoms. The number of amides is 2. The first-order valence-corrected chi connectivity index (χ1v) is 11.0. The number of sulfonamides is 1. The molecule has 0 radical (unpaired) electrons. The molecular weight excluding hydrogens is 426 g/mol. The zero-order chi connectivity index (χ0) is 23.0. The van der Waals surface area contributed by atoms with E-state index in [0.717, 1.165) is 12.8 Å². The Hall–Kier alpha value is -3.28. The molecule has 168 valence electrons. The first-order chi connectivity index (χ1) is 14.7. The molecule has 0 saturated carbocycles. The fourth-order valence-electron chi connectivity index (χ4n) is 2.57. The fourth-order valence-corrected chi connectivity index (χ4v) is 3.68. The van der Waals surface area contributed by atoms with E-state index in [1.165, 1.54) is 31.4 Å². The van der Waals surface area contributed by atoms with Crippen LogP contribution in [0.2, 0.25) is 0 Å². The third-order valence-electron chi connectivity index (χ3n) is 4.03. The second kappa shape index (κ2) is 10.7. The Balaban J connectivity index is 2.17. The summed E-state index contributed by atoms with van der Waals surface area (Å²) in [6, 6.07) is 4.31. The number of methoxy groups -OCH3 is 1. The summed E-state index contributed by atoms with van der Waals surface area (Å²) >= 11 is 0. The topological polar surface area (TPSA) is 149 Å². The van der Waals surface area contributed by atoms with E-state index in [1.807, 2.05) is 11.6 Å². The average Bonchev–Trinajstić information content (AvgIpc) is 2.71. The number of ether oxygens (including phenoxy) is 2. The molecule has 2 N–H and O–H groups in total. The number of nitrogens with zero attached hydrogens (tertiary/aromatic N) is 3. The van der Waals surface area contributed by atoms with E-state index in [0.29, 0.717) is 6.42 Å². The summed E-state index contributed by atoms with van der Waals surface area (Å²) in [4.78, 5) is 35.9. The lowest BCUT2D eigenvalue weighted by atomic mass is 10.2. The van der Waals surface area contributed by atoms with Crippen molar-refractivity contribution in [3.8, 4) is 6.01 Å². The Morgan fingerprint density at radius 1 is 1.16 bits per heavy atom. The minimum Gasteiger partial charge on any atom is -0.467 e. The number of hydrogen-bond acceptors (Lipinski definition) is 9. The molecule has 0 fully saturated rings. The van der Waals surface area contributed by atoms with Gasteiger partial charge in [-0.3, -0.25) is 5.32 Å². The van der Waals surface area contributed by atoms with Crippen LogP contribution < -0.4 is 14.8 Å². The number of rotatable bonds is 9. The van der Waals surface area contributed by atoms with Gasteiger partial charge in [-0.1, -0.05) is 31.9 Å². The van der Waals surface area contributed by atoms with Crippen LogP contribution in [0.25, 0.3) is 0 Å². The summed E-state index contributed by atoms with van der Waals surface area (Å²) in [6.07, 6.45) is 2.10. The molecule has 1 unspecified atom stereocenters. The molecule has 2 aromatic rings. The van der Waals surface area contributed by atoms with Crippen molar-refractivity contribution in [2.75, 3.05) is 12.4 Å². The molecule has 0 aliphatic rings. The van der Waals surface area contributed by atoms with Gasteiger partial charge in [0, 0.05) is 0 Å². The lowest BCUT2D eigenvalue weighted by molar-refractivity contribution is 0.0315. The van der Waals surface area contributed by atoms with E-state index >= 15 is 0 Å². The molecule has 31 heavy (non-hydrogen) atoms. The molecule has 0 aliphatic carbocycles. The number of anilines is 1. The van der Waals surface area contributed by atoms with Crippen LogP contribution in [-0.2, 0) is 14.8 Å². The standard InChI is InChI=1S/C19H25N5O6S/c1-5-6-9-12(2)30-16(25)14-10-7-8-11-15(14)31(27,28)24-18(26)22-17-20-13(3)21-19(23-17)29-4/h7-8,10-12H,5-6,9H2,1-4H3,(H2,20,21,22,23,24,26). The number of carbonyl (C=O) groups is 2. The van der Waals surface area contributed by atoms with Crippen LogP contribution in [-0.4, -0.2) is 48.6 Å². The van der Waals surface area contributed by atoms with Crippen molar-refractivity contribution < 1.29 is 27.5 Å². The highest BCUT2D eigenvalue weighted by Crippen LogP contribution is 2.18. The minimum atomic E-state index is -4.40. The zero-order valence-electron chi connectivity index (χ0n) is 17.7. The van der Waals surface area contributed by atoms with Gasteiger partial charge in [0.2, 0.25) is 5.95 Å². The first-order valence-electron chi connectivity index (χ1n) is 9.56. The van der Waals surface area contributed by atoms with Crippen molar-refractivity contribution in [2.45, 2.75) is 51.0 Å². The Morgan fingerprint density at radius 2 is 1.87 bits per heavy atom. The summed E-state index contributed by atoms with van der Waals surface area (Å²) in [6.45, 7) is 5.30. The van der Waals surface area contributed by atoms with Crippen molar-refractivity contribution >= 4 is 28.0 Å². The number of esters is 1. The summed E-state index contributed by atoms with van der Waals surface area (Å²) in [5.74, 6) is -0.729. The van der Waals surface area contributed by atoms with Gasteiger partial charge in [0.15, 0.2) is 0 Å². The molecule has 12 heteroatoms. The van der Waals surface area contributed by atoms with Crippen molar-refractivity contribution in [1.29, 1.82) is 0 Å². The van der Waals surface area contributed by atoms with E-state index in [1.54, 1.807) is 13.8 Å². The molecule has 2 amide bonds. The zero-order valence-corrected chi connectivity index (χ0v) is 18.5. The van der Waals surface area contributed by atoms with Crippen LogP contribution in [0.5, 0.6) is 6.01 Å². The number of carbonyl (C=O) groups excluding carboxylic acids is 2. The highest BCUT2D eigenvalue weighted by atomic mass is 32.2. The largest absolute Gasteiger partial charge is 0.467 e. The summed E-state index contributed by atoms with van der Waals surface area (Å²) in [5, 5.41) is 2.20. The van der Waals surface area contributed by atoms with Gasteiger partial charge in [0.1, 0.15) is 10.7 Å². The average molecular weight is 452 g/mol. The second-order valence-electron chi connectivity index (χ2n) is 6.61. The predicted octanol–water partition coefficient (Wildman–Crippen LogP) is 2.43. The maximum atomic E-state index is 12.7. The number of benzene rings is 1. The first kappa shape index (κ1) is 24.0. The third-order valence-corrected chi connectivity index (χ3v) is 5.42. The molecule has 1 heterocycles. The van der Waals surface area contributed by atoms with Crippen LogP contribution in [0.4, 0.5) is 10.7 Å². The molecule has 1 aromatic heterocycles. The number of urea groups is 1. The SMILES string of the molecule is CCCCC(C)OC(=O)c1ccccc1S(=O)(=O)NC(=O)Nc1nc(C)nc(OC)n1. The van der Waals surface area contributed by atoms with Crippen LogP contribution >= 0.6 is 0 Å². The monoisotopic (exact) mass is 451 g/mol. The van der Waals surface area contributed by atoms with Crippen LogP contribution in [0.15, 0.2) is 29.2 Å². The lowest BCUT2D eigenvalue weighted by Crippen LogP contribution is -2.36. The molecule has 11 nitrogen and oxygen atoms in total. The normalized spacial score (nSPS) is 12.0. The Kier molecular flexibility index (Phi) is 8.25. The molecule has 1 aromatic carbocycles. The second-order valence-corrected chi connectivity index (χ2v) is 8.26. The molecule has 0 bridgehead atoms. The van der Waals surface area contributed by atoms with Gasteiger partial charge >= 0.3 is 18.0 Å². The number of nitrogens with one attached hydrogen (secondary N) is 2. The quantitative estimate of drug-likeness (QED) is 0.548. The molecule has 2 rings (SSSR count). The molecule has 0 aliphatic heterocycles. The van der Waals surface area contributed by atoms with Gasteiger partial charge in [-0.25, -0.2) is 22.7 Å². The molecular formula is C19H25N5O6S. The lowest BCUT2D eigenvalue weighted by Gasteiger charge is -2.15.